The van der Waals surface area contributed by atoms with Crippen molar-refractivity contribution >= 4 is 58.5 Å². The van der Waals surface area contributed by atoms with Crippen LogP contribution in [-0.2, 0) is 14.4 Å². The Morgan fingerprint density at radius 1 is 0.889 bits per heavy atom. The van der Waals surface area contributed by atoms with E-state index in [1.807, 2.05) is 6.07 Å². The minimum absolute atomic E-state index is 0.167. The number of nitrogens with zero attached hydrogens (tertiary/aromatic N) is 1. The lowest BCUT2D eigenvalue weighted by Gasteiger charge is -2.14. The fourth-order valence-electron chi connectivity index (χ4n) is 2.89. The average molecular weight is 529 g/mol. The number of nitrogens with one attached hydrogen (secondary N) is 3. The maximum absolute atomic E-state index is 12.2. The molecule has 0 saturated carbocycles. The normalized spacial score (nSPS) is 10.5. The lowest BCUT2D eigenvalue weighted by molar-refractivity contribution is -0.136. The Hall–Kier alpha value is -4.08. The molecule has 3 rings (SSSR count). The number of amides is 3. The maximum atomic E-state index is 12.2. The Morgan fingerprint density at radius 2 is 1.64 bits per heavy atom. The third kappa shape index (κ3) is 8.00. The van der Waals surface area contributed by atoms with E-state index >= 15 is 0 Å². The van der Waals surface area contributed by atoms with Crippen LogP contribution in [0.4, 0.5) is 11.4 Å². The van der Waals surface area contributed by atoms with Crippen LogP contribution in [0.5, 0.6) is 11.5 Å². The maximum Gasteiger partial charge on any atom is 0.329 e. The first kappa shape index (κ1) is 26.5. The van der Waals surface area contributed by atoms with Crippen LogP contribution < -0.4 is 25.5 Å². The van der Waals surface area contributed by atoms with Gasteiger partial charge in [-0.2, -0.15) is 5.10 Å². The number of carbonyl (C=O) groups is 3. The summed E-state index contributed by atoms with van der Waals surface area (Å²) in [6.07, 6.45) is 1.28. The van der Waals surface area contributed by atoms with Gasteiger partial charge in [-0.25, -0.2) is 5.43 Å². The highest BCUT2D eigenvalue weighted by molar-refractivity contribution is 6.39. The largest absolute Gasteiger partial charge is 0.490 e. The topological polar surface area (TPSA) is 118 Å². The van der Waals surface area contributed by atoms with Crippen molar-refractivity contribution in [3.63, 3.8) is 0 Å². The predicted octanol–water partition coefficient (Wildman–Crippen LogP) is 4.50. The van der Waals surface area contributed by atoms with Gasteiger partial charge < -0.3 is 20.1 Å². The summed E-state index contributed by atoms with van der Waals surface area (Å²) in [4.78, 5) is 36.2. The number of hydrogen-bond donors (Lipinski definition) is 3. The average Bonchev–Trinajstić information content (AvgIpc) is 2.84. The predicted molar refractivity (Wildman–Crippen MR) is 139 cm³/mol. The van der Waals surface area contributed by atoms with Gasteiger partial charge in [0.15, 0.2) is 18.1 Å². The standard InChI is InChI=1S/C25H22Cl2N4O5/c1-2-35-21-12-16(14-28-31-25(34)24(33)30-19-10-6-7-17(26)13-19)11-20(27)23(21)36-15-22(32)29-18-8-4-3-5-9-18/h3-14H,2,15H2,1H3,(H,29,32)(H,30,33)(H,31,34)/b28-14-. The molecule has 0 aliphatic rings. The number of halogens is 2. The van der Waals surface area contributed by atoms with E-state index in [1.165, 1.54) is 18.3 Å². The van der Waals surface area contributed by atoms with Gasteiger partial charge in [0.25, 0.3) is 5.91 Å². The molecule has 0 aliphatic carbocycles. The zero-order valence-corrected chi connectivity index (χ0v) is 20.6. The third-order valence-electron chi connectivity index (χ3n) is 4.41. The van der Waals surface area contributed by atoms with Crippen molar-refractivity contribution in [3.8, 4) is 11.5 Å². The van der Waals surface area contributed by atoms with Crippen LogP contribution in [-0.4, -0.2) is 37.1 Å². The molecule has 0 atom stereocenters. The third-order valence-corrected chi connectivity index (χ3v) is 4.92. The molecule has 3 aromatic rings. The number of carbonyl (C=O) groups excluding carboxylic acids is 3. The second kappa shape index (κ2) is 13.1. The van der Waals surface area contributed by atoms with Gasteiger partial charge in [0.1, 0.15) is 0 Å². The van der Waals surface area contributed by atoms with Crippen LogP contribution in [0.3, 0.4) is 0 Å². The number of hydrazone groups is 1. The van der Waals surface area contributed by atoms with Gasteiger partial charge in [0, 0.05) is 16.4 Å². The Labute approximate surface area is 217 Å². The lowest BCUT2D eigenvalue weighted by atomic mass is 10.2. The van der Waals surface area contributed by atoms with Gasteiger partial charge >= 0.3 is 11.8 Å². The van der Waals surface area contributed by atoms with Crippen LogP contribution in [0.1, 0.15) is 12.5 Å². The number of benzene rings is 3. The van der Waals surface area contributed by atoms with E-state index in [4.69, 9.17) is 32.7 Å². The Morgan fingerprint density at radius 3 is 2.36 bits per heavy atom. The van der Waals surface area contributed by atoms with E-state index in [1.54, 1.807) is 55.5 Å². The smallest absolute Gasteiger partial charge is 0.329 e. The molecule has 3 N–H and O–H groups in total. The number of ether oxygens (including phenoxy) is 2. The van der Waals surface area contributed by atoms with Gasteiger partial charge in [-0.3, -0.25) is 14.4 Å². The Bertz CT molecular complexity index is 1270. The molecule has 0 spiro atoms. The van der Waals surface area contributed by atoms with Gasteiger partial charge in [0.05, 0.1) is 17.8 Å². The molecule has 36 heavy (non-hydrogen) atoms. The first-order chi connectivity index (χ1) is 17.4. The van der Waals surface area contributed by atoms with Crippen molar-refractivity contribution in [3.05, 3.63) is 82.3 Å². The molecular weight excluding hydrogens is 507 g/mol. The van der Waals surface area contributed by atoms with Crippen LogP contribution in [0.2, 0.25) is 10.0 Å². The Kier molecular flexibility index (Phi) is 9.67. The van der Waals surface area contributed by atoms with Crippen LogP contribution in [0.15, 0.2) is 71.8 Å². The van der Waals surface area contributed by atoms with Gasteiger partial charge in [-0.05, 0) is 55.0 Å². The van der Waals surface area contributed by atoms with Crippen molar-refractivity contribution < 1.29 is 23.9 Å². The second-order valence-electron chi connectivity index (χ2n) is 7.13. The van der Waals surface area contributed by atoms with E-state index in [2.05, 4.69) is 21.2 Å². The molecule has 11 heteroatoms. The van der Waals surface area contributed by atoms with Crippen molar-refractivity contribution in [2.24, 2.45) is 5.10 Å². The van der Waals surface area contributed by atoms with E-state index < -0.39 is 11.8 Å². The summed E-state index contributed by atoms with van der Waals surface area (Å²) in [5.41, 5.74) is 3.59. The fraction of sp³-hybridized carbons (Fsp3) is 0.120. The first-order valence-electron chi connectivity index (χ1n) is 10.7. The summed E-state index contributed by atoms with van der Waals surface area (Å²) >= 11 is 12.2. The van der Waals surface area contributed by atoms with E-state index in [-0.39, 0.29) is 29.0 Å². The van der Waals surface area contributed by atoms with Crippen molar-refractivity contribution in [1.29, 1.82) is 0 Å². The summed E-state index contributed by atoms with van der Waals surface area (Å²) in [6.45, 7) is 1.79. The van der Waals surface area contributed by atoms with E-state index in [0.717, 1.165) is 0 Å². The first-order valence-corrected chi connectivity index (χ1v) is 11.4. The quantitative estimate of drug-likeness (QED) is 0.214. The van der Waals surface area contributed by atoms with Crippen molar-refractivity contribution in [2.45, 2.75) is 6.92 Å². The molecule has 0 saturated heterocycles. The summed E-state index contributed by atoms with van der Waals surface area (Å²) in [7, 11) is 0. The molecule has 3 amide bonds. The highest BCUT2D eigenvalue weighted by Crippen LogP contribution is 2.36. The number of hydrogen-bond acceptors (Lipinski definition) is 6. The number of anilines is 2. The van der Waals surface area contributed by atoms with E-state index in [9.17, 15) is 14.4 Å². The van der Waals surface area contributed by atoms with Gasteiger partial charge in [-0.15, -0.1) is 0 Å². The lowest BCUT2D eigenvalue weighted by Crippen LogP contribution is -2.32. The molecule has 0 heterocycles. The van der Waals surface area contributed by atoms with E-state index in [0.29, 0.717) is 28.6 Å². The molecule has 3 aromatic carbocycles. The van der Waals surface area contributed by atoms with Crippen molar-refractivity contribution in [1.82, 2.24) is 5.43 Å². The fourth-order valence-corrected chi connectivity index (χ4v) is 3.36. The highest BCUT2D eigenvalue weighted by Gasteiger charge is 2.15. The molecule has 186 valence electrons. The molecule has 9 nitrogen and oxygen atoms in total. The van der Waals surface area contributed by atoms with Crippen LogP contribution in [0.25, 0.3) is 0 Å². The molecule has 0 aliphatic heterocycles. The summed E-state index contributed by atoms with van der Waals surface area (Å²) < 4.78 is 11.2. The molecular formula is C25H22Cl2N4O5. The number of para-hydroxylation sites is 1. The molecule has 0 fully saturated rings. The summed E-state index contributed by atoms with van der Waals surface area (Å²) in [5.74, 6) is -1.80. The molecule has 0 radical (unpaired) electrons. The highest BCUT2D eigenvalue weighted by atomic mass is 35.5. The molecule has 0 bridgehead atoms. The molecule has 0 aromatic heterocycles. The summed E-state index contributed by atoms with van der Waals surface area (Å²) in [5, 5.41) is 9.49. The van der Waals surface area contributed by atoms with Crippen LogP contribution in [0, 0.1) is 0 Å². The number of rotatable bonds is 9. The molecule has 0 unspecified atom stereocenters. The van der Waals surface area contributed by atoms with Crippen molar-refractivity contribution in [2.75, 3.05) is 23.8 Å². The van der Waals surface area contributed by atoms with Crippen LogP contribution >= 0.6 is 23.2 Å². The monoisotopic (exact) mass is 528 g/mol. The Balaban J connectivity index is 1.61. The zero-order chi connectivity index (χ0) is 25.9. The van der Waals surface area contributed by atoms with Gasteiger partial charge in [0.2, 0.25) is 0 Å². The summed E-state index contributed by atoms with van der Waals surface area (Å²) in [6, 6.07) is 18.4. The minimum Gasteiger partial charge on any atom is -0.490 e. The van der Waals surface area contributed by atoms with Gasteiger partial charge in [-0.1, -0.05) is 47.5 Å². The SMILES string of the molecule is CCOc1cc(/C=N\NC(=O)C(=O)Nc2cccc(Cl)c2)cc(Cl)c1OCC(=O)Nc1ccccc1. The zero-order valence-electron chi connectivity index (χ0n) is 19.1. The second-order valence-corrected chi connectivity index (χ2v) is 7.97. The minimum atomic E-state index is -0.980.